The Bertz CT molecular complexity index is 754. The maximum Gasteiger partial charge on any atom is 0.263 e. The van der Waals surface area contributed by atoms with Gasteiger partial charge in [-0.25, -0.2) is 0 Å². The van der Waals surface area contributed by atoms with Gasteiger partial charge in [0, 0.05) is 32.1 Å². The second-order valence-electron chi connectivity index (χ2n) is 7.20. The predicted octanol–water partition coefficient (Wildman–Crippen LogP) is 3.62. The van der Waals surface area contributed by atoms with E-state index in [2.05, 4.69) is 12.1 Å². The fraction of sp³-hybridized carbons (Fsp3) is 0.429. The van der Waals surface area contributed by atoms with Crippen LogP contribution in [-0.2, 0) is 4.79 Å². The molecule has 1 aromatic carbocycles. The third-order valence-electron chi connectivity index (χ3n) is 5.55. The largest absolute Gasteiger partial charge is 0.342 e. The van der Waals surface area contributed by atoms with E-state index in [-0.39, 0.29) is 23.7 Å². The highest BCUT2D eigenvalue weighted by Gasteiger charge is 2.42. The van der Waals surface area contributed by atoms with Gasteiger partial charge >= 0.3 is 0 Å². The lowest BCUT2D eigenvalue weighted by atomic mass is 9.87. The number of hydrogen-bond donors (Lipinski definition) is 0. The summed E-state index contributed by atoms with van der Waals surface area (Å²) in [5.41, 5.74) is 1.16. The average Bonchev–Trinajstić information content (AvgIpc) is 3.38. The molecule has 5 heteroatoms. The molecule has 1 aromatic heterocycles. The lowest BCUT2D eigenvalue weighted by Crippen LogP contribution is -2.42. The van der Waals surface area contributed by atoms with Crippen molar-refractivity contribution in [3.05, 3.63) is 58.3 Å². The molecular weight excluding hydrogens is 344 g/mol. The number of carbonyl (C=O) groups is 2. The number of carbonyl (C=O) groups excluding carboxylic acids is 2. The first-order valence-corrected chi connectivity index (χ1v) is 10.3. The summed E-state index contributed by atoms with van der Waals surface area (Å²) >= 11 is 1.47. The first-order valence-electron chi connectivity index (χ1n) is 9.40. The number of nitrogens with zero attached hydrogens (tertiary/aromatic N) is 2. The van der Waals surface area contributed by atoms with Crippen LogP contribution in [0.1, 0.15) is 40.4 Å². The maximum absolute atomic E-state index is 13.2. The fourth-order valence-electron chi connectivity index (χ4n) is 4.16. The van der Waals surface area contributed by atoms with Crippen LogP contribution in [0.25, 0.3) is 0 Å². The number of piperidine rings is 1. The fourth-order valence-corrected chi connectivity index (χ4v) is 4.85. The van der Waals surface area contributed by atoms with Crippen molar-refractivity contribution in [2.24, 2.45) is 5.92 Å². The van der Waals surface area contributed by atoms with Crippen LogP contribution < -0.4 is 0 Å². The summed E-state index contributed by atoms with van der Waals surface area (Å²) in [7, 11) is 0. The van der Waals surface area contributed by atoms with Gasteiger partial charge in [-0.05, 0) is 36.3 Å². The molecule has 26 heavy (non-hydrogen) atoms. The lowest BCUT2D eigenvalue weighted by Gasteiger charge is -2.30. The van der Waals surface area contributed by atoms with E-state index < -0.39 is 0 Å². The molecule has 2 aromatic rings. The number of hydrogen-bond acceptors (Lipinski definition) is 3. The number of benzene rings is 1. The van der Waals surface area contributed by atoms with Crippen molar-refractivity contribution in [2.45, 2.75) is 25.2 Å². The normalized spacial score (nSPS) is 23.2. The van der Waals surface area contributed by atoms with Crippen LogP contribution in [0.15, 0.2) is 47.8 Å². The van der Waals surface area contributed by atoms with Gasteiger partial charge in [-0.2, -0.15) is 0 Å². The van der Waals surface area contributed by atoms with E-state index in [4.69, 9.17) is 0 Å². The number of thiophene rings is 1. The molecule has 136 valence electrons. The van der Waals surface area contributed by atoms with Crippen molar-refractivity contribution < 1.29 is 9.59 Å². The molecule has 4 rings (SSSR count). The maximum atomic E-state index is 13.2. The third-order valence-corrected chi connectivity index (χ3v) is 6.41. The molecule has 0 unspecified atom stereocenters. The molecule has 0 N–H and O–H groups in total. The molecule has 2 atom stereocenters. The van der Waals surface area contributed by atoms with Gasteiger partial charge in [0.05, 0.1) is 10.8 Å². The summed E-state index contributed by atoms with van der Waals surface area (Å²) in [6.07, 6.45) is 3.39. The van der Waals surface area contributed by atoms with E-state index in [0.717, 1.165) is 36.4 Å². The molecule has 2 saturated heterocycles. The topological polar surface area (TPSA) is 40.6 Å². The van der Waals surface area contributed by atoms with Crippen molar-refractivity contribution in [1.82, 2.24) is 9.80 Å². The Morgan fingerprint density at radius 1 is 0.885 bits per heavy atom. The van der Waals surface area contributed by atoms with Crippen LogP contribution in [0.4, 0.5) is 0 Å². The van der Waals surface area contributed by atoms with Crippen molar-refractivity contribution in [2.75, 3.05) is 26.2 Å². The Hall–Kier alpha value is -2.14. The smallest absolute Gasteiger partial charge is 0.263 e. The first-order chi connectivity index (χ1) is 12.7. The van der Waals surface area contributed by atoms with Crippen molar-refractivity contribution in [1.29, 1.82) is 0 Å². The molecule has 4 nitrogen and oxygen atoms in total. The Kier molecular flexibility index (Phi) is 5.07. The zero-order chi connectivity index (χ0) is 17.9. The Labute approximate surface area is 158 Å². The second-order valence-corrected chi connectivity index (χ2v) is 8.14. The standard InChI is InChI=1S/C21H24N2O2S/c24-20(22-11-5-2-6-12-22)18-15-23(21(25)19-10-7-13-26-19)14-17(18)16-8-3-1-4-9-16/h1,3-4,7-10,13,17-18H,2,5-6,11-12,14-15H2/t17-,18-/m0/s1. The van der Waals surface area contributed by atoms with Crippen LogP contribution in [0.5, 0.6) is 0 Å². The lowest BCUT2D eigenvalue weighted by molar-refractivity contribution is -0.136. The van der Waals surface area contributed by atoms with Crippen LogP contribution in [0.3, 0.4) is 0 Å². The minimum Gasteiger partial charge on any atom is -0.342 e. The number of rotatable bonds is 3. The highest BCUT2D eigenvalue weighted by atomic mass is 32.1. The van der Waals surface area contributed by atoms with Gasteiger partial charge in [0.2, 0.25) is 5.91 Å². The summed E-state index contributed by atoms with van der Waals surface area (Å²) < 4.78 is 0. The van der Waals surface area contributed by atoms with Crippen molar-refractivity contribution >= 4 is 23.2 Å². The molecule has 0 bridgehead atoms. The molecule has 3 heterocycles. The van der Waals surface area contributed by atoms with Gasteiger partial charge in [0.1, 0.15) is 0 Å². The Balaban J connectivity index is 1.58. The van der Waals surface area contributed by atoms with Gasteiger partial charge in [0.25, 0.3) is 5.91 Å². The van der Waals surface area contributed by atoms with E-state index in [9.17, 15) is 9.59 Å². The molecular formula is C21H24N2O2S. The minimum atomic E-state index is -0.139. The summed E-state index contributed by atoms with van der Waals surface area (Å²) in [4.78, 5) is 30.7. The second kappa shape index (κ2) is 7.62. The molecule has 0 aliphatic carbocycles. The van der Waals surface area contributed by atoms with Gasteiger partial charge in [-0.3, -0.25) is 9.59 Å². The van der Waals surface area contributed by atoms with Crippen molar-refractivity contribution in [3.63, 3.8) is 0 Å². The molecule has 0 radical (unpaired) electrons. The average molecular weight is 369 g/mol. The molecule has 2 amide bonds. The Morgan fingerprint density at radius 2 is 1.65 bits per heavy atom. The molecule has 2 aliphatic rings. The first kappa shape index (κ1) is 17.3. The van der Waals surface area contributed by atoms with Crippen LogP contribution >= 0.6 is 11.3 Å². The van der Waals surface area contributed by atoms with E-state index in [1.807, 2.05) is 45.5 Å². The number of amides is 2. The Morgan fingerprint density at radius 3 is 2.35 bits per heavy atom. The summed E-state index contributed by atoms with van der Waals surface area (Å²) in [6.45, 7) is 2.85. The van der Waals surface area contributed by atoms with E-state index in [1.165, 1.54) is 17.8 Å². The molecule has 0 saturated carbocycles. The third kappa shape index (κ3) is 3.40. The van der Waals surface area contributed by atoms with Crippen LogP contribution in [-0.4, -0.2) is 47.8 Å². The zero-order valence-electron chi connectivity index (χ0n) is 14.8. The SMILES string of the molecule is O=C(c1cccs1)N1C[C@H](C(=O)N2CCCCC2)[C@H](c2ccccc2)C1. The summed E-state index contributed by atoms with van der Waals surface area (Å²) in [5, 5.41) is 1.92. The van der Waals surface area contributed by atoms with Crippen molar-refractivity contribution in [3.8, 4) is 0 Å². The van der Waals surface area contributed by atoms with E-state index in [0.29, 0.717) is 13.1 Å². The van der Waals surface area contributed by atoms with Gasteiger partial charge < -0.3 is 9.80 Å². The van der Waals surface area contributed by atoms with E-state index >= 15 is 0 Å². The molecule has 2 aliphatic heterocycles. The van der Waals surface area contributed by atoms with Gasteiger partial charge in [-0.1, -0.05) is 36.4 Å². The number of likely N-dealkylation sites (tertiary alicyclic amines) is 2. The van der Waals surface area contributed by atoms with Gasteiger partial charge in [0.15, 0.2) is 0 Å². The predicted molar refractivity (Wildman–Crippen MR) is 103 cm³/mol. The zero-order valence-corrected chi connectivity index (χ0v) is 15.7. The molecule has 0 spiro atoms. The van der Waals surface area contributed by atoms with E-state index in [1.54, 1.807) is 0 Å². The highest BCUT2D eigenvalue weighted by Crippen LogP contribution is 2.35. The quantitative estimate of drug-likeness (QED) is 0.830. The summed E-state index contributed by atoms with van der Waals surface area (Å²) in [5.74, 6) is 0.212. The highest BCUT2D eigenvalue weighted by molar-refractivity contribution is 7.12. The van der Waals surface area contributed by atoms with Crippen LogP contribution in [0, 0.1) is 5.92 Å². The molecule has 2 fully saturated rings. The summed E-state index contributed by atoms with van der Waals surface area (Å²) in [6, 6.07) is 14.0. The monoisotopic (exact) mass is 368 g/mol. The minimum absolute atomic E-state index is 0.0508. The van der Waals surface area contributed by atoms with Gasteiger partial charge in [-0.15, -0.1) is 11.3 Å². The van der Waals surface area contributed by atoms with Crippen LogP contribution in [0.2, 0.25) is 0 Å².